The summed E-state index contributed by atoms with van der Waals surface area (Å²) < 4.78 is 5.30. The number of carbonyl (C=O) groups excluding carboxylic acids is 1. The predicted molar refractivity (Wildman–Crippen MR) is 63.3 cm³/mol. The Kier molecular flexibility index (Phi) is 3.09. The molecule has 2 nitrogen and oxygen atoms in total. The molecule has 0 fully saturated rings. The fourth-order valence-electron chi connectivity index (χ4n) is 2.22. The summed E-state index contributed by atoms with van der Waals surface area (Å²) in [4.78, 5) is 12.0. The van der Waals surface area contributed by atoms with Gasteiger partial charge < -0.3 is 4.74 Å². The second kappa shape index (κ2) is 4.52. The van der Waals surface area contributed by atoms with Gasteiger partial charge in [0.2, 0.25) is 0 Å². The van der Waals surface area contributed by atoms with Crippen molar-refractivity contribution in [1.29, 1.82) is 0 Å². The van der Waals surface area contributed by atoms with E-state index >= 15 is 0 Å². The minimum atomic E-state index is 0.0245. The number of ketones is 1. The van der Waals surface area contributed by atoms with Crippen molar-refractivity contribution in [2.75, 3.05) is 6.61 Å². The average molecular weight is 216 g/mol. The predicted octanol–water partition coefficient (Wildman–Crippen LogP) is 2.98. The Labute approximate surface area is 95.9 Å². The molecule has 0 saturated heterocycles. The molecular formula is C14H16O2. The van der Waals surface area contributed by atoms with Crippen LogP contribution in [0.5, 0.6) is 0 Å². The van der Waals surface area contributed by atoms with Crippen molar-refractivity contribution in [3.63, 3.8) is 0 Å². The molecule has 0 radical (unpaired) electrons. The standard InChI is InChI=1S/C14H16O2/c1-3-16-10(2)8-12-9-11-6-4-5-7-13(11)14(12)15/h4-7,12H,2-3,8-9H2,1H3. The Morgan fingerprint density at radius 2 is 2.25 bits per heavy atom. The number of rotatable bonds is 4. The molecule has 0 heterocycles. The topological polar surface area (TPSA) is 26.3 Å². The number of Topliss-reactive ketones (excluding diaryl/α,β-unsaturated/α-hetero) is 1. The van der Waals surface area contributed by atoms with Gasteiger partial charge in [-0.3, -0.25) is 4.79 Å². The van der Waals surface area contributed by atoms with Gasteiger partial charge in [-0.05, 0) is 18.9 Å². The molecule has 1 aliphatic rings. The first kappa shape index (κ1) is 10.9. The zero-order valence-electron chi connectivity index (χ0n) is 9.53. The van der Waals surface area contributed by atoms with Crippen LogP contribution in [0.1, 0.15) is 29.3 Å². The smallest absolute Gasteiger partial charge is 0.167 e. The van der Waals surface area contributed by atoms with E-state index in [-0.39, 0.29) is 11.7 Å². The van der Waals surface area contributed by atoms with E-state index in [1.165, 1.54) is 0 Å². The summed E-state index contributed by atoms with van der Waals surface area (Å²) in [6.07, 6.45) is 1.46. The van der Waals surface area contributed by atoms with Crippen molar-refractivity contribution >= 4 is 5.78 Å². The minimum absolute atomic E-state index is 0.0245. The lowest BCUT2D eigenvalue weighted by atomic mass is 10.0. The first-order valence-electron chi connectivity index (χ1n) is 5.65. The Hall–Kier alpha value is -1.57. The highest BCUT2D eigenvalue weighted by molar-refractivity contribution is 6.02. The van der Waals surface area contributed by atoms with Gasteiger partial charge in [-0.1, -0.05) is 30.8 Å². The third-order valence-electron chi connectivity index (χ3n) is 2.94. The molecule has 0 saturated carbocycles. The van der Waals surface area contributed by atoms with E-state index in [1.807, 2.05) is 31.2 Å². The molecule has 16 heavy (non-hydrogen) atoms. The fourth-order valence-corrected chi connectivity index (χ4v) is 2.22. The van der Waals surface area contributed by atoms with Gasteiger partial charge >= 0.3 is 0 Å². The highest BCUT2D eigenvalue weighted by Gasteiger charge is 2.30. The minimum Gasteiger partial charge on any atom is -0.499 e. The molecule has 84 valence electrons. The zero-order valence-corrected chi connectivity index (χ0v) is 9.53. The molecule has 2 heteroatoms. The normalized spacial score (nSPS) is 18.3. The maximum Gasteiger partial charge on any atom is 0.167 e. The molecule has 0 spiro atoms. The Bertz CT molecular complexity index is 420. The van der Waals surface area contributed by atoms with E-state index in [2.05, 4.69) is 6.58 Å². The van der Waals surface area contributed by atoms with Crippen LogP contribution >= 0.6 is 0 Å². The number of allylic oxidation sites excluding steroid dienone is 1. The lowest BCUT2D eigenvalue weighted by molar-refractivity contribution is 0.0920. The summed E-state index contributed by atoms with van der Waals surface area (Å²) >= 11 is 0. The zero-order chi connectivity index (χ0) is 11.5. The maximum atomic E-state index is 12.0. The van der Waals surface area contributed by atoms with E-state index in [9.17, 15) is 4.79 Å². The summed E-state index contributed by atoms with van der Waals surface area (Å²) in [5, 5.41) is 0. The molecule has 0 aliphatic heterocycles. The van der Waals surface area contributed by atoms with Gasteiger partial charge in [-0.25, -0.2) is 0 Å². The second-order valence-electron chi connectivity index (χ2n) is 4.10. The summed E-state index contributed by atoms with van der Waals surface area (Å²) in [7, 11) is 0. The van der Waals surface area contributed by atoms with Gasteiger partial charge in [0.25, 0.3) is 0 Å². The van der Waals surface area contributed by atoms with Gasteiger partial charge in [0, 0.05) is 17.9 Å². The largest absolute Gasteiger partial charge is 0.499 e. The molecular weight excluding hydrogens is 200 g/mol. The molecule has 1 aliphatic carbocycles. The lowest BCUT2D eigenvalue weighted by Gasteiger charge is -2.10. The Morgan fingerprint density at radius 3 is 2.94 bits per heavy atom. The van der Waals surface area contributed by atoms with Crippen LogP contribution in [0, 0.1) is 5.92 Å². The van der Waals surface area contributed by atoms with E-state index in [0.717, 1.165) is 17.5 Å². The molecule has 1 aromatic carbocycles. The molecule has 1 atom stereocenters. The first-order chi connectivity index (χ1) is 7.72. The number of ether oxygens (including phenoxy) is 1. The SMILES string of the molecule is C=C(CC1Cc2ccccc2C1=O)OCC. The number of hydrogen-bond acceptors (Lipinski definition) is 2. The molecule has 0 bridgehead atoms. The van der Waals surface area contributed by atoms with Gasteiger partial charge in [0.05, 0.1) is 12.4 Å². The summed E-state index contributed by atoms with van der Waals surface area (Å²) in [5.74, 6) is 0.974. The van der Waals surface area contributed by atoms with E-state index in [0.29, 0.717) is 18.8 Å². The number of carbonyl (C=O) groups is 1. The van der Waals surface area contributed by atoms with Crippen LogP contribution in [0.4, 0.5) is 0 Å². The Morgan fingerprint density at radius 1 is 1.50 bits per heavy atom. The van der Waals surface area contributed by atoms with Crippen LogP contribution in [0.15, 0.2) is 36.6 Å². The van der Waals surface area contributed by atoms with E-state index in [1.54, 1.807) is 0 Å². The van der Waals surface area contributed by atoms with Crippen LogP contribution in [0.3, 0.4) is 0 Å². The molecule has 1 unspecified atom stereocenters. The van der Waals surface area contributed by atoms with E-state index in [4.69, 9.17) is 4.74 Å². The van der Waals surface area contributed by atoms with Gasteiger partial charge in [-0.2, -0.15) is 0 Å². The number of hydrogen-bond donors (Lipinski definition) is 0. The van der Waals surface area contributed by atoms with Gasteiger partial charge in [0.15, 0.2) is 5.78 Å². The third-order valence-corrected chi connectivity index (χ3v) is 2.94. The molecule has 0 aromatic heterocycles. The molecule has 0 N–H and O–H groups in total. The van der Waals surface area contributed by atoms with Crippen LogP contribution < -0.4 is 0 Å². The fraction of sp³-hybridized carbons (Fsp3) is 0.357. The van der Waals surface area contributed by atoms with Gasteiger partial charge in [-0.15, -0.1) is 0 Å². The summed E-state index contributed by atoms with van der Waals surface area (Å²) in [6, 6.07) is 7.82. The Balaban J connectivity index is 2.07. The monoisotopic (exact) mass is 216 g/mol. The summed E-state index contributed by atoms with van der Waals surface area (Å²) in [5.41, 5.74) is 2.03. The van der Waals surface area contributed by atoms with Crippen molar-refractivity contribution in [2.24, 2.45) is 5.92 Å². The van der Waals surface area contributed by atoms with Crippen LogP contribution in [0.2, 0.25) is 0 Å². The number of benzene rings is 1. The van der Waals surface area contributed by atoms with Gasteiger partial charge in [0.1, 0.15) is 0 Å². The first-order valence-corrected chi connectivity index (χ1v) is 5.65. The van der Waals surface area contributed by atoms with Crippen molar-refractivity contribution in [3.8, 4) is 0 Å². The van der Waals surface area contributed by atoms with Crippen molar-refractivity contribution in [2.45, 2.75) is 19.8 Å². The quantitative estimate of drug-likeness (QED) is 0.723. The molecule has 1 aromatic rings. The third kappa shape index (κ3) is 2.01. The van der Waals surface area contributed by atoms with Crippen molar-refractivity contribution in [3.05, 3.63) is 47.7 Å². The van der Waals surface area contributed by atoms with Crippen molar-refractivity contribution < 1.29 is 9.53 Å². The highest BCUT2D eigenvalue weighted by Crippen LogP contribution is 2.30. The average Bonchev–Trinajstić information content (AvgIpc) is 2.57. The highest BCUT2D eigenvalue weighted by atomic mass is 16.5. The molecule has 2 rings (SSSR count). The molecule has 0 amide bonds. The van der Waals surface area contributed by atoms with Crippen LogP contribution in [0.25, 0.3) is 0 Å². The number of fused-ring (bicyclic) bond motifs is 1. The van der Waals surface area contributed by atoms with Crippen molar-refractivity contribution in [1.82, 2.24) is 0 Å². The van der Waals surface area contributed by atoms with Crippen LogP contribution in [-0.4, -0.2) is 12.4 Å². The van der Waals surface area contributed by atoms with Crippen LogP contribution in [-0.2, 0) is 11.2 Å². The maximum absolute atomic E-state index is 12.0. The lowest BCUT2D eigenvalue weighted by Crippen LogP contribution is -2.10. The van der Waals surface area contributed by atoms with E-state index < -0.39 is 0 Å². The second-order valence-corrected chi connectivity index (χ2v) is 4.10. The summed E-state index contributed by atoms with van der Waals surface area (Å²) in [6.45, 7) is 6.38.